The van der Waals surface area contributed by atoms with Gasteiger partial charge in [0.25, 0.3) is 0 Å². The minimum atomic E-state index is -0.613. The zero-order chi connectivity index (χ0) is 5.70. The highest BCUT2D eigenvalue weighted by atomic mass is 19.1. The summed E-state index contributed by atoms with van der Waals surface area (Å²) in [5, 5.41) is 0. The molecule has 1 atom stereocenters. The van der Waals surface area contributed by atoms with Gasteiger partial charge in [-0.25, -0.2) is 4.39 Å². The van der Waals surface area contributed by atoms with Gasteiger partial charge in [0.05, 0.1) is 6.17 Å². The number of rotatable bonds is 3. The van der Waals surface area contributed by atoms with Crippen LogP contribution < -0.4 is 0 Å². The van der Waals surface area contributed by atoms with Crippen LogP contribution in [0.25, 0.3) is 0 Å². The van der Waals surface area contributed by atoms with Crippen molar-refractivity contribution < 1.29 is 4.39 Å². The molecule has 0 bridgehead atoms. The predicted octanol–water partition coefficient (Wildman–Crippen LogP) is 2.35. The molecule has 0 nitrogen and oxygen atoms in total. The lowest BCUT2D eigenvalue weighted by molar-refractivity contribution is 0.307. The Kier molecular flexibility index (Phi) is 4.06. The van der Waals surface area contributed by atoms with Crippen molar-refractivity contribution in [2.75, 3.05) is 0 Å². The third-order valence-corrected chi connectivity index (χ3v) is 0.960. The molecule has 0 rings (SSSR count). The second-order valence-electron chi connectivity index (χ2n) is 1.65. The molecule has 0 aromatic heterocycles. The van der Waals surface area contributed by atoms with Gasteiger partial charge < -0.3 is 0 Å². The molecule has 1 radical (unpaired) electrons. The number of halogens is 1. The normalized spacial score (nSPS) is 14.1. The Morgan fingerprint density at radius 2 is 2.29 bits per heavy atom. The van der Waals surface area contributed by atoms with Gasteiger partial charge in [-0.05, 0) is 12.8 Å². The van der Waals surface area contributed by atoms with Crippen molar-refractivity contribution in [3.63, 3.8) is 0 Å². The molecule has 0 amide bonds. The first-order valence-corrected chi connectivity index (χ1v) is 2.74. The van der Waals surface area contributed by atoms with Crippen molar-refractivity contribution in [1.29, 1.82) is 0 Å². The van der Waals surface area contributed by atoms with Crippen LogP contribution in [0.15, 0.2) is 0 Å². The quantitative estimate of drug-likeness (QED) is 0.514. The fraction of sp³-hybridized carbons (Fsp3) is 0.833. The summed E-state index contributed by atoms with van der Waals surface area (Å²) >= 11 is 0. The maximum absolute atomic E-state index is 12.1. The highest BCUT2D eigenvalue weighted by Crippen LogP contribution is 2.03. The fourth-order valence-electron chi connectivity index (χ4n) is 0.426. The van der Waals surface area contributed by atoms with Gasteiger partial charge in [0.1, 0.15) is 0 Å². The van der Waals surface area contributed by atoms with E-state index in [2.05, 4.69) is 6.92 Å². The SMILES string of the molecule is [CH2]CCC(F)CC. The highest BCUT2D eigenvalue weighted by molar-refractivity contribution is 4.52. The van der Waals surface area contributed by atoms with Crippen molar-refractivity contribution in [3.05, 3.63) is 6.92 Å². The van der Waals surface area contributed by atoms with Gasteiger partial charge in [-0.15, -0.1) is 0 Å². The Bertz CT molecular complexity index is 35.2. The first-order chi connectivity index (χ1) is 3.31. The third-order valence-electron chi connectivity index (χ3n) is 0.960. The highest BCUT2D eigenvalue weighted by Gasteiger charge is 1.97. The van der Waals surface area contributed by atoms with E-state index >= 15 is 0 Å². The van der Waals surface area contributed by atoms with Crippen LogP contribution in [0.5, 0.6) is 0 Å². The molecule has 0 aromatic carbocycles. The smallest absolute Gasteiger partial charge is 0.0999 e. The summed E-state index contributed by atoms with van der Waals surface area (Å²) in [6.07, 6.45) is 1.36. The summed E-state index contributed by atoms with van der Waals surface area (Å²) < 4.78 is 12.1. The number of alkyl halides is 1. The minimum Gasteiger partial charge on any atom is -0.248 e. The van der Waals surface area contributed by atoms with Crippen molar-refractivity contribution in [3.8, 4) is 0 Å². The lowest BCUT2D eigenvalue weighted by Gasteiger charge is -1.98. The Labute approximate surface area is 44.7 Å². The van der Waals surface area contributed by atoms with E-state index in [9.17, 15) is 4.39 Å². The van der Waals surface area contributed by atoms with Gasteiger partial charge in [0.2, 0.25) is 0 Å². The Hall–Kier alpha value is -0.0700. The molecule has 0 N–H and O–H groups in total. The van der Waals surface area contributed by atoms with E-state index in [1.807, 2.05) is 6.92 Å². The minimum absolute atomic E-state index is 0.613. The van der Waals surface area contributed by atoms with E-state index in [4.69, 9.17) is 0 Å². The zero-order valence-electron chi connectivity index (χ0n) is 4.78. The van der Waals surface area contributed by atoms with Gasteiger partial charge in [-0.2, -0.15) is 0 Å². The molecule has 0 heterocycles. The monoisotopic (exact) mass is 103 g/mol. The third kappa shape index (κ3) is 3.77. The molecule has 1 unspecified atom stereocenters. The van der Waals surface area contributed by atoms with E-state index in [1.54, 1.807) is 0 Å². The van der Waals surface area contributed by atoms with Crippen LogP contribution >= 0.6 is 0 Å². The maximum Gasteiger partial charge on any atom is 0.0999 e. The molecule has 0 aromatic rings. The average Bonchev–Trinajstić information content (AvgIpc) is 1.68. The van der Waals surface area contributed by atoms with Crippen LogP contribution in [0.3, 0.4) is 0 Å². The van der Waals surface area contributed by atoms with Gasteiger partial charge in [-0.3, -0.25) is 0 Å². The molecule has 0 saturated carbocycles. The molecule has 43 valence electrons. The summed E-state index contributed by atoms with van der Waals surface area (Å²) in [6.45, 7) is 5.38. The standard InChI is InChI=1S/C6H12F/c1-3-5-6(7)4-2/h6H,1,3-5H2,2H3. The molecule has 1 heteroatoms. The van der Waals surface area contributed by atoms with Crippen LogP contribution in [0.2, 0.25) is 0 Å². The summed E-state index contributed by atoms with van der Waals surface area (Å²) in [6, 6.07) is 0. The van der Waals surface area contributed by atoms with Crippen LogP contribution in [-0.4, -0.2) is 6.17 Å². The number of hydrogen-bond donors (Lipinski definition) is 0. The second kappa shape index (κ2) is 4.10. The topological polar surface area (TPSA) is 0 Å². The molecule has 7 heavy (non-hydrogen) atoms. The van der Waals surface area contributed by atoms with Gasteiger partial charge >= 0.3 is 0 Å². The summed E-state index contributed by atoms with van der Waals surface area (Å²) in [4.78, 5) is 0. The second-order valence-corrected chi connectivity index (χ2v) is 1.65. The van der Waals surface area contributed by atoms with Crippen molar-refractivity contribution in [1.82, 2.24) is 0 Å². The lowest BCUT2D eigenvalue weighted by Crippen LogP contribution is -1.94. The van der Waals surface area contributed by atoms with E-state index in [-0.39, 0.29) is 0 Å². The molecular formula is C6H12F. The Balaban J connectivity index is 2.83. The van der Waals surface area contributed by atoms with Gasteiger partial charge in [0.15, 0.2) is 0 Å². The fourth-order valence-corrected chi connectivity index (χ4v) is 0.426. The van der Waals surface area contributed by atoms with E-state index in [0.717, 1.165) is 6.42 Å². The van der Waals surface area contributed by atoms with Crippen molar-refractivity contribution in [2.24, 2.45) is 0 Å². The first kappa shape index (κ1) is 6.93. The average molecular weight is 103 g/mol. The lowest BCUT2D eigenvalue weighted by atomic mass is 10.2. The number of hydrogen-bond acceptors (Lipinski definition) is 0. The van der Waals surface area contributed by atoms with Gasteiger partial charge in [0, 0.05) is 0 Å². The van der Waals surface area contributed by atoms with E-state index in [0.29, 0.717) is 12.8 Å². The van der Waals surface area contributed by atoms with E-state index in [1.165, 1.54) is 0 Å². The van der Waals surface area contributed by atoms with Crippen LogP contribution in [0.4, 0.5) is 4.39 Å². The predicted molar refractivity (Wildman–Crippen MR) is 29.8 cm³/mol. The molecule has 0 aliphatic rings. The van der Waals surface area contributed by atoms with E-state index < -0.39 is 6.17 Å². The maximum atomic E-state index is 12.1. The Morgan fingerprint density at radius 3 is 2.43 bits per heavy atom. The zero-order valence-corrected chi connectivity index (χ0v) is 4.78. The van der Waals surface area contributed by atoms with Crippen molar-refractivity contribution in [2.45, 2.75) is 32.4 Å². The molecular weight excluding hydrogens is 91.1 g/mol. The molecule has 0 fully saturated rings. The first-order valence-electron chi connectivity index (χ1n) is 2.74. The summed E-state index contributed by atoms with van der Waals surface area (Å²) in [5.74, 6) is 0. The molecule has 0 spiro atoms. The summed E-state index contributed by atoms with van der Waals surface area (Å²) in [7, 11) is 0. The molecule has 0 aliphatic heterocycles. The summed E-state index contributed by atoms with van der Waals surface area (Å²) in [5.41, 5.74) is 0. The van der Waals surface area contributed by atoms with Crippen molar-refractivity contribution >= 4 is 0 Å². The van der Waals surface area contributed by atoms with Crippen LogP contribution in [0.1, 0.15) is 26.2 Å². The largest absolute Gasteiger partial charge is 0.248 e. The van der Waals surface area contributed by atoms with Gasteiger partial charge in [-0.1, -0.05) is 20.3 Å². The molecule has 0 saturated heterocycles. The molecule has 0 aliphatic carbocycles. The Morgan fingerprint density at radius 1 is 1.71 bits per heavy atom. The van der Waals surface area contributed by atoms with Crippen LogP contribution in [0, 0.1) is 6.92 Å². The van der Waals surface area contributed by atoms with Crippen LogP contribution in [-0.2, 0) is 0 Å².